The van der Waals surface area contributed by atoms with Crippen molar-refractivity contribution >= 4 is 11.9 Å². The number of nitrogens with one attached hydrogen (secondary N) is 1. The maximum Gasteiger partial charge on any atom is 0.305 e. The Hall–Kier alpha value is -1.84. The fourth-order valence-corrected chi connectivity index (χ4v) is 2.10. The SMILES string of the molecule is CCC(C)c1ccc(CCCC(=O)NCCC(=O)O)cc1. The molecule has 0 radical (unpaired) electrons. The minimum atomic E-state index is -0.892. The average Bonchev–Trinajstić information content (AvgIpc) is 2.46. The summed E-state index contributed by atoms with van der Waals surface area (Å²) >= 11 is 0. The molecule has 21 heavy (non-hydrogen) atoms. The number of carboxylic acids is 1. The number of carbonyl (C=O) groups is 2. The summed E-state index contributed by atoms with van der Waals surface area (Å²) in [4.78, 5) is 21.8. The van der Waals surface area contributed by atoms with E-state index in [1.807, 2.05) is 0 Å². The predicted molar refractivity (Wildman–Crippen MR) is 83.3 cm³/mol. The molecule has 0 spiro atoms. The summed E-state index contributed by atoms with van der Waals surface area (Å²) in [6.07, 6.45) is 3.19. The Bertz CT molecular complexity index is 454. The summed E-state index contributed by atoms with van der Waals surface area (Å²) < 4.78 is 0. The van der Waals surface area contributed by atoms with Crippen molar-refractivity contribution < 1.29 is 14.7 Å². The highest BCUT2D eigenvalue weighted by molar-refractivity contribution is 5.76. The number of benzene rings is 1. The monoisotopic (exact) mass is 291 g/mol. The molecular formula is C17H25NO3. The molecule has 0 saturated carbocycles. The molecule has 1 amide bonds. The van der Waals surface area contributed by atoms with Crippen LogP contribution in [-0.4, -0.2) is 23.5 Å². The standard InChI is InChI=1S/C17H25NO3/c1-3-13(2)15-9-7-14(8-10-15)5-4-6-16(19)18-12-11-17(20)21/h7-10,13H,3-6,11-12H2,1-2H3,(H,18,19)(H,20,21). The molecule has 1 aromatic carbocycles. The maximum atomic E-state index is 11.5. The molecule has 1 atom stereocenters. The molecule has 0 aromatic heterocycles. The van der Waals surface area contributed by atoms with Gasteiger partial charge in [-0.05, 0) is 36.3 Å². The quantitative estimate of drug-likeness (QED) is 0.734. The molecule has 0 saturated heterocycles. The summed E-state index contributed by atoms with van der Waals surface area (Å²) in [5, 5.41) is 11.1. The summed E-state index contributed by atoms with van der Waals surface area (Å²) in [7, 11) is 0. The van der Waals surface area contributed by atoms with Crippen LogP contribution < -0.4 is 5.32 Å². The van der Waals surface area contributed by atoms with Crippen LogP contribution >= 0.6 is 0 Å². The third-order valence-electron chi connectivity index (χ3n) is 3.69. The van der Waals surface area contributed by atoms with Crippen molar-refractivity contribution in [3.8, 4) is 0 Å². The Balaban J connectivity index is 2.26. The fourth-order valence-electron chi connectivity index (χ4n) is 2.10. The molecule has 4 nitrogen and oxygen atoms in total. The van der Waals surface area contributed by atoms with Gasteiger partial charge >= 0.3 is 5.97 Å². The van der Waals surface area contributed by atoms with E-state index < -0.39 is 5.97 Å². The molecule has 4 heteroatoms. The van der Waals surface area contributed by atoms with Crippen molar-refractivity contribution in [2.24, 2.45) is 0 Å². The lowest BCUT2D eigenvalue weighted by Gasteiger charge is -2.09. The van der Waals surface area contributed by atoms with Crippen LogP contribution in [0.4, 0.5) is 0 Å². The van der Waals surface area contributed by atoms with Gasteiger partial charge in [-0.25, -0.2) is 0 Å². The Kier molecular flexibility index (Phi) is 7.51. The molecule has 0 fully saturated rings. The smallest absolute Gasteiger partial charge is 0.305 e. The van der Waals surface area contributed by atoms with Gasteiger partial charge in [0.1, 0.15) is 0 Å². The topological polar surface area (TPSA) is 66.4 Å². The van der Waals surface area contributed by atoms with Crippen molar-refractivity contribution in [2.75, 3.05) is 6.54 Å². The van der Waals surface area contributed by atoms with E-state index in [4.69, 9.17) is 5.11 Å². The first-order valence-electron chi connectivity index (χ1n) is 7.60. The molecule has 0 bridgehead atoms. The van der Waals surface area contributed by atoms with Gasteiger partial charge < -0.3 is 10.4 Å². The van der Waals surface area contributed by atoms with E-state index >= 15 is 0 Å². The van der Waals surface area contributed by atoms with Crippen LogP contribution in [-0.2, 0) is 16.0 Å². The Morgan fingerprint density at radius 3 is 2.43 bits per heavy atom. The van der Waals surface area contributed by atoms with Gasteiger partial charge in [0.25, 0.3) is 0 Å². The van der Waals surface area contributed by atoms with Gasteiger partial charge in [-0.2, -0.15) is 0 Å². The third kappa shape index (κ3) is 6.93. The van der Waals surface area contributed by atoms with Crippen molar-refractivity contribution in [1.82, 2.24) is 5.32 Å². The molecule has 2 N–H and O–H groups in total. The second-order valence-corrected chi connectivity index (χ2v) is 5.40. The zero-order valence-electron chi connectivity index (χ0n) is 12.9. The number of hydrogen-bond acceptors (Lipinski definition) is 2. The van der Waals surface area contributed by atoms with Crippen LogP contribution in [0.2, 0.25) is 0 Å². The van der Waals surface area contributed by atoms with E-state index in [1.165, 1.54) is 11.1 Å². The van der Waals surface area contributed by atoms with Crippen molar-refractivity contribution in [3.05, 3.63) is 35.4 Å². The fraction of sp³-hybridized carbons (Fsp3) is 0.529. The van der Waals surface area contributed by atoms with Gasteiger partial charge in [-0.15, -0.1) is 0 Å². The van der Waals surface area contributed by atoms with Gasteiger partial charge in [0.2, 0.25) is 5.91 Å². The number of carboxylic acid groups (broad SMARTS) is 1. The normalized spacial score (nSPS) is 11.9. The lowest BCUT2D eigenvalue weighted by atomic mass is 9.96. The number of hydrogen-bond donors (Lipinski definition) is 2. The Labute approximate surface area is 126 Å². The van der Waals surface area contributed by atoms with Gasteiger partial charge in [0, 0.05) is 13.0 Å². The molecule has 0 aliphatic heterocycles. The highest BCUT2D eigenvalue weighted by atomic mass is 16.4. The van der Waals surface area contributed by atoms with Crippen LogP contribution in [0.5, 0.6) is 0 Å². The zero-order chi connectivity index (χ0) is 15.7. The van der Waals surface area contributed by atoms with Crippen molar-refractivity contribution in [3.63, 3.8) is 0 Å². The van der Waals surface area contributed by atoms with E-state index in [0.717, 1.165) is 19.3 Å². The molecule has 0 aliphatic rings. The molecule has 0 aliphatic carbocycles. The first kappa shape index (κ1) is 17.2. The van der Waals surface area contributed by atoms with Crippen LogP contribution in [0.15, 0.2) is 24.3 Å². The van der Waals surface area contributed by atoms with Gasteiger partial charge in [0.15, 0.2) is 0 Å². The number of aliphatic carboxylic acids is 1. The third-order valence-corrected chi connectivity index (χ3v) is 3.69. The van der Waals surface area contributed by atoms with Gasteiger partial charge in [-0.1, -0.05) is 38.1 Å². The molecular weight excluding hydrogens is 266 g/mol. The number of carbonyl (C=O) groups excluding carboxylic acids is 1. The summed E-state index contributed by atoms with van der Waals surface area (Å²) in [5.74, 6) is -0.386. The lowest BCUT2D eigenvalue weighted by Crippen LogP contribution is -2.25. The Morgan fingerprint density at radius 2 is 1.86 bits per heavy atom. The van der Waals surface area contributed by atoms with Gasteiger partial charge in [-0.3, -0.25) is 9.59 Å². The summed E-state index contributed by atoms with van der Waals surface area (Å²) in [6, 6.07) is 8.58. The van der Waals surface area contributed by atoms with Crippen LogP contribution in [0.1, 0.15) is 56.6 Å². The van der Waals surface area contributed by atoms with Crippen LogP contribution in [0.25, 0.3) is 0 Å². The number of aryl methyl sites for hydroxylation is 1. The van der Waals surface area contributed by atoms with E-state index in [-0.39, 0.29) is 18.9 Å². The van der Waals surface area contributed by atoms with Gasteiger partial charge in [0.05, 0.1) is 6.42 Å². The Morgan fingerprint density at radius 1 is 1.19 bits per heavy atom. The summed E-state index contributed by atoms with van der Waals surface area (Å²) in [5.41, 5.74) is 2.59. The largest absolute Gasteiger partial charge is 0.481 e. The molecule has 1 rings (SSSR count). The van der Waals surface area contributed by atoms with Crippen molar-refractivity contribution in [1.29, 1.82) is 0 Å². The second-order valence-electron chi connectivity index (χ2n) is 5.40. The molecule has 1 aromatic rings. The minimum Gasteiger partial charge on any atom is -0.481 e. The molecule has 0 heterocycles. The average molecular weight is 291 g/mol. The minimum absolute atomic E-state index is 0.0250. The number of rotatable bonds is 9. The van der Waals surface area contributed by atoms with Crippen LogP contribution in [0, 0.1) is 0 Å². The zero-order valence-corrected chi connectivity index (χ0v) is 12.9. The lowest BCUT2D eigenvalue weighted by molar-refractivity contribution is -0.136. The highest BCUT2D eigenvalue weighted by Gasteiger charge is 2.04. The number of amides is 1. The van der Waals surface area contributed by atoms with E-state index in [2.05, 4.69) is 43.4 Å². The second kappa shape index (κ2) is 9.16. The van der Waals surface area contributed by atoms with Crippen molar-refractivity contribution in [2.45, 2.75) is 51.9 Å². The van der Waals surface area contributed by atoms with Crippen LogP contribution in [0.3, 0.4) is 0 Å². The first-order chi connectivity index (χ1) is 10.0. The van der Waals surface area contributed by atoms with E-state index in [1.54, 1.807) is 0 Å². The van der Waals surface area contributed by atoms with E-state index in [0.29, 0.717) is 12.3 Å². The summed E-state index contributed by atoms with van der Waals surface area (Å²) in [6.45, 7) is 4.61. The molecule has 116 valence electrons. The first-order valence-corrected chi connectivity index (χ1v) is 7.60. The predicted octanol–water partition coefficient (Wildman–Crippen LogP) is 3.11. The highest BCUT2D eigenvalue weighted by Crippen LogP contribution is 2.19. The van der Waals surface area contributed by atoms with E-state index in [9.17, 15) is 9.59 Å². The maximum absolute atomic E-state index is 11.5. The molecule has 1 unspecified atom stereocenters.